The first-order chi connectivity index (χ1) is 12.0. The first-order valence-corrected chi connectivity index (χ1v) is 8.40. The average molecular weight is 342 g/mol. The van der Waals surface area contributed by atoms with E-state index < -0.39 is 11.2 Å². The third-order valence-electron chi connectivity index (χ3n) is 4.59. The quantitative estimate of drug-likeness (QED) is 0.807. The molecule has 0 saturated heterocycles. The maximum atomic E-state index is 12.1. The molecule has 0 radical (unpaired) electrons. The van der Waals surface area contributed by atoms with E-state index in [0.717, 1.165) is 19.5 Å². The first-order valence-electron chi connectivity index (χ1n) is 8.40. The molecule has 132 valence electrons. The number of fused-ring (bicyclic) bond motifs is 1. The number of hydrogen-bond acceptors (Lipinski definition) is 4. The second-order valence-electron chi connectivity index (χ2n) is 6.38. The molecular weight excluding hydrogens is 320 g/mol. The Morgan fingerprint density at radius 2 is 2.00 bits per heavy atom. The minimum atomic E-state index is -0.580. The summed E-state index contributed by atoms with van der Waals surface area (Å²) in [4.78, 5) is 39.2. The van der Waals surface area contributed by atoms with Crippen LogP contribution in [0.2, 0.25) is 0 Å². The molecule has 2 heterocycles. The van der Waals surface area contributed by atoms with Gasteiger partial charge >= 0.3 is 5.69 Å². The van der Waals surface area contributed by atoms with Crippen LogP contribution >= 0.6 is 0 Å². The van der Waals surface area contributed by atoms with Gasteiger partial charge in [-0.15, -0.1) is 0 Å². The van der Waals surface area contributed by atoms with Crippen LogP contribution in [0.5, 0.6) is 0 Å². The maximum Gasteiger partial charge on any atom is 0.328 e. The highest BCUT2D eigenvalue weighted by atomic mass is 16.2. The van der Waals surface area contributed by atoms with E-state index in [2.05, 4.69) is 46.4 Å². The Hall–Kier alpha value is -2.67. The van der Waals surface area contributed by atoms with Crippen LogP contribution in [0.1, 0.15) is 18.1 Å². The minimum absolute atomic E-state index is 0.106. The van der Waals surface area contributed by atoms with Crippen LogP contribution < -0.4 is 16.6 Å². The number of H-pyrrole nitrogens is 1. The van der Waals surface area contributed by atoms with E-state index in [-0.39, 0.29) is 18.5 Å². The Bertz CT molecular complexity index is 871. The van der Waals surface area contributed by atoms with Gasteiger partial charge in [-0.25, -0.2) is 4.79 Å². The van der Waals surface area contributed by atoms with Gasteiger partial charge in [0.25, 0.3) is 5.56 Å². The Balaban J connectivity index is 1.52. The monoisotopic (exact) mass is 342 g/mol. The molecule has 0 saturated carbocycles. The lowest BCUT2D eigenvalue weighted by atomic mass is 9.99. The minimum Gasteiger partial charge on any atom is -0.353 e. The summed E-state index contributed by atoms with van der Waals surface area (Å²) in [5, 5.41) is 2.86. The highest BCUT2D eigenvalue weighted by Crippen LogP contribution is 2.19. The van der Waals surface area contributed by atoms with E-state index >= 15 is 0 Å². The molecule has 7 nitrogen and oxygen atoms in total. The van der Waals surface area contributed by atoms with Crippen molar-refractivity contribution < 1.29 is 4.79 Å². The number of aromatic amines is 1. The lowest BCUT2D eigenvalue weighted by Gasteiger charge is -2.33. The van der Waals surface area contributed by atoms with Gasteiger partial charge in [0.05, 0.1) is 0 Å². The fraction of sp³-hybridized carbons (Fsp3) is 0.389. The Labute approximate surface area is 145 Å². The average Bonchev–Trinajstić information content (AvgIpc) is 2.61. The third kappa shape index (κ3) is 4.24. The van der Waals surface area contributed by atoms with Crippen molar-refractivity contribution in [2.24, 2.45) is 0 Å². The molecule has 1 aliphatic rings. The number of aromatic nitrogens is 2. The van der Waals surface area contributed by atoms with E-state index in [1.54, 1.807) is 0 Å². The number of benzene rings is 1. The molecule has 3 rings (SSSR count). The van der Waals surface area contributed by atoms with Crippen LogP contribution in [0.3, 0.4) is 0 Å². The molecule has 0 aliphatic carbocycles. The number of amides is 1. The summed E-state index contributed by atoms with van der Waals surface area (Å²) in [5.74, 6) is -0.251. The Morgan fingerprint density at radius 1 is 1.24 bits per heavy atom. The van der Waals surface area contributed by atoms with Crippen molar-refractivity contribution in [2.75, 3.05) is 13.1 Å². The molecule has 25 heavy (non-hydrogen) atoms. The molecule has 7 heteroatoms. The fourth-order valence-corrected chi connectivity index (χ4v) is 3.06. The number of carbonyl (C=O) groups is 1. The number of nitrogens with zero attached hydrogens (tertiary/aromatic N) is 2. The lowest BCUT2D eigenvalue weighted by molar-refractivity contribution is -0.122. The zero-order valence-corrected chi connectivity index (χ0v) is 14.2. The molecule has 0 spiro atoms. The van der Waals surface area contributed by atoms with Crippen LogP contribution in [0.15, 0.2) is 46.1 Å². The van der Waals surface area contributed by atoms with E-state index in [9.17, 15) is 14.4 Å². The summed E-state index contributed by atoms with van der Waals surface area (Å²) >= 11 is 0. The number of nitrogens with one attached hydrogen (secondary N) is 2. The molecule has 1 amide bonds. The maximum absolute atomic E-state index is 12.1. The van der Waals surface area contributed by atoms with Crippen molar-refractivity contribution in [3.05, 3.63) is 68.5 Å². The van der Waals surface area contributed by atoms with E-state index in [1.165, 1.54) is 28.0 Å². The van der Waals surface area contributed by atoms with Crippen LogP contribution in [0, 0.1) is 0 Å². The SMILES string of the molecule is C[C@@H](CNC(=O)Cn1ccc(=O)[nH]c1=O)N1CCc2ccccc2C1. The summed E-state index contributed by atoms with van der Waals surface area (Å²) in [5.41, 5.74) is 1.68. The zero-order valence-electron chi connectivity index (χ0n) is 14.2. The largest absolute Gasteiger partial charge is 0.353 e. The molecule has 1 aliphatic heterocycles. The summed E-state index contributed by atoms with van der Waals surface area (Å²) in [7, 11) is 0. The standard InChI is InChI=1S/C18H22N4O3/c1-13(21-8-6-14-4-2-3-5-15(14)11-21)10-19-17(24)12-22-9-7-16(23)20-18(22)25/h2-5,7,9,13H,6,8,10-12H2,1H3,(H,19,24)(H,20,23,25)/t13-/m0/s1. The van der Waals surface area contributed by atoms with Crippen molar-refractivity contribution in [3.8, 4) is 0 Å². The van der Waals surface area contributed by atoms with Crippen LogP contribution in [0.4, 0.5) is 0 Å². The molecule has 2 aromatic rings. The second-order valence-corrected chi connectivity index (χ2v) is 6.38. The normalized spacial score (nSPS) is 15.4. The topological polar surface area (TPSA) is 87.2 Å². The van der Waals surface area contributed by atoms with Gasteiger partial charge in [-0.1, -0.05) is 24.3 Å². The Morgan fingerprint density at radius 3 is 2.76 bits per heavy atom. The highest BCUT2D eigenvalue weighted by molar-refractivity contribution is 5.75. The number of hydrogen-bond donors (Lipinski definition) is 2. The van der Waals surface area contributed by atoms with Gasteiger partial charge in [0.1, 0.15) is 6.54 Å². The van der Waals surface area contributed by atoms with Gasteiger partial charge in [-0.05, 0) is 24.5 Å². The molecule has 1 aromatic carbocycles. The van der Waals surface area contributed by atoms with E-state index in [1.807, 2.05) is 0 Å². The smallest absolute Gasteiger partial charge is 0.328 e. The van der Waals surface area contributed by atoms with Crippen LogP contribution in [-0.2, 0) is 24.3 Å². The summed E-state index contributed by atoms with van der Waals surface area (Å²) in [6.45, 7) is 4.34. The molecule has 0 fully saturated rings. The van der Waals surface area contributed by atoms with Gasteiger partial charge in [0.15, 0.2) is 0 Å². The second kappa shape index (κ2) is 7.48. The molecule has 1 atom stereocenters. The lowest BCUT2D eigenvalue weighted by Crippen LogP contribution is -2.45. The summed E-state index contributed by atoms with van der Waals surface area (Å²) < 4.78 is 1.18. The van der Waals surface area contributed by atoms with Crippen molar-refractivity contribution in [3.63, 3.8) is 0 Å². The van der Waals surface area contributed by atoms with E-state index in [0.29, 0.717) is 6.54 Å². The van der Waals surface area contributed by atoms with Gasteiger partial charge in [-0.2, -0.15) is 0 Å². The van der Waals surface area contributed by atoms with Gasteiger partial charge in [-0.3, -0.25) is 24.0 Å². The molecule has 2 N–H and O–H groups in total. The van der Waals surface area contributed by atoms with Crippen LogP contribution in [-0.4, -0.2) is 39.5 Å². The molecular formula is C18H22N4O3. The van der Waals surface area contributed by atoms with Crippen molar-refractivity contribution in [1.29, 1.82) is 0 Å². The van der Waals surface area contributed by atoms with Crippen LogP contribution in [0.25, 0.3) is 0 Å². The number of rotatable bonds is 5. The van der Waals surface area contributed by atoms with Crippen molar-refractivity contribution in [2.45, 2.75) is 32.5 Å². The highest BCUT2D eigenvalue weighted by Gasteiger charge is 2.20. The molecule has 1 aromatic heterocycles. The van der Waals surface area contributed by atoms with Gasteiger partial charge in [0.2, 0.25) is 5.91 Å². The van der Waals surface area contributed by atoms with Gasteiger partial charge in [0, 0.05) is 37.9 Å². The predicted molar refractivity (Wildman–Crippen MR) is 94.4 cm³/mol. The van der Waals surface area contributed by atoms with Crippen molar-refractivity contribution >= 4 is 5.91 Å². The van der Waals surface area contributed by atoms with Crippen molar-refractivity contribution in [1.82, 2.24) is 19.8 Å². The summed E-state index contributed by atoms with van der Waals surface area (Å²) in [6, 6.07) is 9.86. The summed E-state index contributed by atoms with van der Waals surface area (Å²) in [6.07, 6.45) is 2.34. The first kappa shape index (κ1) is 17.2. The van der Waals surface area contributed by atoms with Gasteiger partial charge < -0.3 is 5.32 Å². The molecule has 0 unspecified atom stereocenters. The zero-order chi connectivity index (χ0) is 17.8. The molecule has 0 bridgehead atoms. The third-order valence-corrected chi connectivity index (χ3v) is 4.59. The number of carbonyl (C=O) groups excluding carboxylic acids is 1. The fourth-order valence-electron chi connectivity index (χ4n) is 3.06. The predicted octanol–water partition coefficient (Wildman–Crippen LogP) is 0.0996. The Kier molecular flexibility index (Phi) is 5.14. The van der Waals surface area contributed by atoms with E-state index in [4.69, 9.17) is 0 Å².